The Labute approximate surface area is 169 Å². The van der Waals surface area contributed by atoms with E-state index in [4.69, 9.17) is 0 Å². The fourth-order valence-electron chi connectivity index (χ4n) is 2.58. The van der Waals surface area contributed by atoms with Gasteiger partial charge in [-0.1, -0.05) is 54.2 Å². The summed E-state index contributed by atoms with van der Waals surface area (Å²) in [6.45, 7) is 4.24. The van der Waals surface area contributed by atoms with E-state index < -0.39 is 0 Å². The van der Waals surface area contributed by atoms with Crippen molar-refractivity contribution in [3.05, 3.63) is 89.5 Å². The van der Waals surface area contributed by atoms with Gasteiger partial charge in [-0.05, 0) is 60.9 Å². The molecule has 0 spiro atoms. The average molecular weight is 394 g/mol. The number of rotatable bonds is 7. The van der Waals surface area contributed by atoms with Gasteiger partial charge >= 0.3 is 0 Å². The van der Waals surface area contributed by atoms with E-state index in [0.717, 1.165) is 11.4 Å². The number of hydrogen-bond acceptors (Lipinski definition) is 3. The van der Waals surface area contributed by atoms with E-state index in [1.54, 1.807) is 23.5 Å². The summed E-state index contributed by atoms with van der Waals surface area (Å²) in [5.41, 5.74) is 4.62. The molecule has 0 bridgehead atoms. The van der Waals surface area contributed by atoms with Crippen molar-refractivity contribution in [1.82, 2.24) is 0 Å². The van der Waals surface area contributed by atoms with Crippen LogP contribution in [0, 0.1) is 13.8 Å². The van der Waals surface area contributed by atoms with Gasteiger partial charge in [0, 0.05) is 21.2 Å². The molecule has 0 aromatic heterocycles. The number of hydrogen-bond donors (Lipinski definition) is 1. The van der Waals surface area contributed by atoms with Crippen LogP contribution in [0.4, 0.5) is 5.69 Å². The van der Waals surface area contributed by atoms with Crippen molar-refractivity contribution < 1.29 is 4.79 Å². The van der Waals surface area contributed by atoms with Crippen LogP contribution in [-0.4, -0.2) is 11.7 Å². The Kier molecular flexibility index (Phi) is 7.02. The highest BCUT2D eigenvalue weighted by molar-refractivity contribution is 7.99. The van der Waals surface area contributed by atoms with Gasteiger partial charge in [0.05, 0.1) is 5.75 Å². The lowest BCUT2D eigenvalue weighted by molar-refractivity contribution is -0.113. The second-order valence-electron chi connectivity index (χ2n) is 6.42. The molecule has 27 heavy (non-hydrogen) atoms. The van der Waals surface area contributed by atoms with Crippen LogP contribution in [0.5, 0.6) is 0 Å². The first-order chi connectivity index (χ1) is 13.1. The monoisotopic (exact) mass is 393 g/mol. The van der Waals surface area contributed by atoms with Crippen molar-refractivity contribution in [2.75, 3.05) is 11.1 Å². The van der Waals surface area contributed by atoms with E-state index in [2.05, 4.69) is 61.6 Å². The topological polar surface area (TPSA) is 29.1 Å². The summed E-state index contributed by atoms with van der Waals surface area (Å²) in [5.74, 6) is 1.33. The van der Waals surface area contributed by atoms with E-state index in [1.165, 1.54) is 26.5 Å². The fourth-order valence-corrected chi connectivity index (χ4v) is 4.37. The normalized spacial score (nSPS) is 10.6. The zero-order valence-corrected chi connectivity index (χ0v) is 17.2. The summed E-state index contributed by atoms with van der Waals surface area (Å²) in [4.78, 5) is 14.6. The van der Waals surface area contributed by atoms with Crippen LogP contribution in [0.1, 0.15) is 16.7 Å². The van der Waals surface area contributed by atoms with Gasteiger partial charge in [-0.3, -0.25) is 4.79 Å². The molecule has 0 aliphatic carbocycles. The van der Waals surface area contributed by atoms with Gasteiger partial charge in [-0.2, -0.15) is 0 Å². The lowest BCUT2D eigenvalue weighted by Gasteiger charge is -2.09. The van der Waals surface area contributed by atoms with Crippen molar-refractivity contribution in [3.8, 4) is 0 Å². The Morgan fingerprint density at radius 1 is 0.926 bits per heavy atom. The number of amides is 1. The minimum atomic E-state index is 0.0332. The summed E-state index contributed by atoms with van der Waals surface area (Å²) in [7, 11) is 0. The first-order valence-corrected chi connectivity index (χ1v) is 10.8. The van der Waals surface area contributed by atoms with Gasteiger partial charge in [-0.15, -0.1) is 11.8 Å². The summed E-state index contributed by atoms with van der Waals surface area (Å²) in [5, 5.41) is 2.97. The minimum absolute atomic E-state index is 0.0332. The Balaban J connectivity index is 1.49. The summed E-state index contributed by atoms with van der Waals surface area (Å²) in [6.07, 6.45) is 0. The maximum absolute atomic E-state index is 12.1. The summed E-state index contributed by atoms with van der Waals surface area (Å²) >= 11 is 3.38. The quantitative estimate of drug-likeness (QED) is 0.509. The zero-order chi connectivity index (χ0) is 19.1. The second kappa shape index (κ2) is 9.67. The SMILES string of the molecule is Cc1ccc(C)c(Sc2ccc(NC(=O)CSCc3ccccc3)cc2)c1. The van der Waals surface area contributed by atoms with Crippen molar-refractivity contribution in [2.24, 2.45) is 0 Å². The molecule has 0 fully saturated rings. The molecule has 3 aromatic carbocycles. The van der Waals surface area contributed by atoms with E-state index in [1.807, 2.05) is 30.3 Å². The number of carbonyl (C=O) groups is 1. The van der Waals surface area contributed by atoms with Crippen LogP contribution in [-0.2, 0) is 10.5 Å². The van der Waals surface area contributed by atoms with Crippen LogP contribution in [0.3, 0.4) is 0 Å². The molecule has 138 valence electrons. The molecule has 0 heterocycles. The van der Waals surface area contributed by atoms with Crippen LogP contribution in [0.15, 0.2) is 82.6 Å². The molecule has 0 unspecified atom stereocenters. The predicted octanol–water partition coefficient (Wildman–Crippen LogP) is 6.33. The lowest BCUT2D eigenvalue weighted by atomic mass is 10.2. The number of anilines is 1. The molecule has 0 radical (unpaired) electrons. The molecule has 3 rings (SSSR count). The molecular formula is C23H23NOS2. The van der Waals surface area contributed by atoms with Crippen molar-refractivity contribution in [1.29, 1.82) is 0 Å². The smallest absolute Gasteiger partial charge is 0.234 e. The molecule has 0 saturated carbocycles. The van der Waals surface area contributed by atoms with Gasteiger partial charge in [-0.25, -0.2) is 0 Å². The van der Waals surface area contributed by atoms with Gasteiger partial charge in [0.2, 0.25) is 5.91 Å². The third-order valence-electron chi connectivity index (χ3n) is 4.05. The Hall–Kier alpha value is -2.17. The zero-order valence-electron chi connectivity index (χ0n) is 15.6. The number of nitrogens with one attached hydrogen (secondary N) is 1. The first-order valence-electron chi connectivity index (χ1n) is 8.87. The third-order valence-corrected chi connectivity index (χ3v) is 6.23. The highest BCUT2D eigenvalue weighted by Gasteiger charge is 2.05. The Morgan fingerprint density at radius 3 is 2.41 bits per heavy atom. The fraction of sp³-hybridized carbons (Fsp3) is 0.174. The van der Waals surface area contributed by atoms with Crippen molar-refractivity contribution >= 4 is 35.1 Å². The van der Waals surface area contributed by atoms with Crippen LogP contribution in [0.2, 0.25) is 0 Å². The summed E-state index contributed by atoms with van der Waals surface area (Å²) < 4.78 is 0. The van der Waals surface area contributed by atoms with Crippen molar-refractivity contribution in [3.63, 3.8) is 0 Å². The first kappa shape index (κ1) is 19.6. The number of aryl methyl sites for hydroxylation is 2. The van der Waals surface area contributed by atoms with E-state index >= 15 is 0 Å². The maximum atomic E-state index is 12.1. The summed E-state index contributed by atoms with van der Waals surface area (Å²) in [6, 6.07) is 24.7. The van der Waals surface area contributed by atoms with E-state index in [0.29, 0.717) is 5.75 Å². The van der Waals surface area contributed by atoms with Gasteiger partial charge in [0.25, 0.3) is 0 Å². The molecule has 0 aliphatic rings. The largest absolute Gasteiger partial charge is 0.325 e. The van der Waals surface area contributed by atoms with E-state index in [9.17, 15) is 4.79 Å². The Bertz CT molecular complexity index is 892. The minimum Gasteiger partial charge on any atom is -0.325 e. The van der Waals surface area contributed by atoms with Crippen molar-refractivity contribution in [2.45, 2.75) is 29.4 Å². The predicted molar refractivity (Wildman–Crippen MR) is 118 cm³/mol. The van der Waals surface area contributed by atoms with E-state index in [-0.39, 0.29) is 5.91 Å². The molecule has 3 aromatic rings. The van der Waals surface area contributed by atoms with Gasteiger partial charge in [0.1, 0.15) is 0 Å². The highest BCUT2D eigenvalue weighted by Crippen LogP contribution is 2.31. The third kappa shape index (κ3) is 6.19. The highest BCUT2D eigenvalue weighted by atomic mass is 32.2. The van der Waals surface area contributed by atoms with Gasteiger partial charge < -0.3 is 5.32 Å². The van der Waals surface area contributed by atoms with Crippen LogP contribution in [0.25, 0.3) is 0 Å². The molecular weight excluding hydrogens is 370 g/mol. The molecule has 0 aliphatic heterocycles. The Morgan fingerprint density at radius 2 is 1.67 bits per heavy atom. The standard InChI is InChI=1S/C23H23NOS2/c1-17-8-9-18(2)22(14-17)27-21-12-10-20(11-13-21)24-23(25)16-26-15-19-6-4-3-5-7-19/h3-14H,15-16H2,1-2H3,(H,24,25). The lowest BCUT2D eigenvalue weighted by Crippen LogP contribution is -2.14. The number of carbonyl (C=O) groups excluding carboxylic acids is 1. The molecule has 0 saturated heterocycles. The maximum Gasteiger partial charge on any atom is 0.234 e. The second-order valence-corrected chi connectivity index (χ2v) is 8.52. The van der Waals surface area contributed by atoms with Crippen LogP contribution >= 0.6 is 23.5 Å². The number of thioether (sulfide) groups is 1. The molecule has 2 nitrogen and oxygen atoms in total. The molecule has 1 N–H and O–H groups in total. The molecule has 0 atom stereocenters. The van der Waals surface area contributed by atoms with Gasteiger partial charge in [0.15, 0.2) is 0 Å². The van der Waals surface area contributed by atoms with Crippen LogP contribution < -0.4 is 5.32 Å². The molecule has 4 heteroatoms. The average Bonchev–Trinajstić information content (AvgIpc) is 2.67. The molecule has 1 amide bonds. The number of benzene rings is 3.